The van der Waals surface area contributed by atoms with Crippen molar-refractivity contribution in [2.75, 3.05) is 9.80 Å². The largest absolute Gasteiger partial charge is 0.455 e. The number of nitrogens with zero attached hydrogens (tertiary/aromatic N) is 2. The summed E-state index contributed by atoms with van der Waals surface area (Å²) in [7, 11) is 0. The van der Waals surface area contributed by atoms with Gasteiger partial charge in [-0.2, -0.15) is 0 Å². The van der Waals surface area contributed by atoms with Crippen LogP contribution in [0.2, 0.25) is 0 Å². The molecular formula is C45H33BN2O. The fourth-order valence-electron chi connectivity index (χ4n) is 8.20. The first kappa shape index (κ1) is 28.1. The van der Waals surface area contributed by atoms with Crippen LogP contribution in [0.1, 0.15) is 16.7 Å². The molecule has 8 aromatic rings. The second kappa shape index (κ2) is 10.5. The summed E-state index contributed by atoms with van der Waals surface area (Å²) >= 11 is 0. The van der Waals surface area contributed by atoms with Gasteiger partial charge in [-0.3, -0.25) is 0 Å². The third-order valence-electron chi connectivity index (χ3n) is 10.4. The highest BCUT2D eigenvalue weighted by atomic mass is 16.3. The number of aryl methyl sites for hydroxylation is 3. The van der Waals surface area contributed by atoms with Crippen LogP contribution in [-0.4, -0.2) is 6.71 Å². The molecule has 232 valence electrons. The molecule has 4 heteroatoms. The summed E-state index contributed by atoms with van der Waals surface area (Å²) in [5, 5.41) is 2.30. The zero-order valence-electron chi connectivity index (χ0n) is 27.7. The van der Waals surface area contributed by atoms with Crippen molar-refractivity contribution in [2.45, 2.75) is 20.8 Å². The van der Waals surface area contributed by atoms with E-state index >= 15 is 0 Å². The number of hydrogen-bond acceptors (Lipinski definition) is 3. The molecule has 0 unspecified atom stereocenters. The van der Waals surface area contributed by atoms with Crippen molar-refractivity contribution < 1.29 is 4.42 Å². The number of furan rings is 1. The molecule has 3 nitrogen and oxygen atoms in total. The summed E-state index contributed by atoms with van der Waals surface area (Å²) < 4.78 is 6.41. The van der Waals surface area contributed by atoms with E-state index in [1.54, 1.807) is 0 Å². The Morgan fingerprint density at radius 1 is 0.469 bits per heavy atom. The van der Waals surface area contributed by atoms with Crippen LogP contribution in [0.15, 0.2) is 150 Å². The first-order valence-corrected chi connectivity index (χ1v) is 17.1. The number of hydrogen-bond donors (Lipinski definition) is 0. The van der Waals surface area contributed by atoms with Gasteiger partial charge in [0.1, 0.15) is 11.2 Å². The molecule has 3 heterocycles. The second-order valence-electron chi connectivity index (χ2n) is 13.6. The molecule has 2 aliphatic rings. The van der Waals surface area contributed by atoms with E-state index in [4.69, 9.17) is 4.42 Å². The minimum atomic E-state index is 0.124. The minimum absolute atomic E-state index is 0.124. The van der Waals surface area contributed by atoms with E-state index in [1.165, 1.54) is 61.5 Å². The lowest BCUT2D eigenvalue weighted by Gasteiger charge is -2.44. The zero-order valence-corrected chi connectivity index (χ0v) is 27.7. The number of fused-ring (bicyclic) bond motifs is 7. The number of para-hydroxylation sites is 2. The van der Waals surface area contributed by atoms with Crippen molar-refractivity contribution in [3.8, 4) is 11.1 Å². The summed E-state index contributed by atoms with van der Waals surface area (Å²) in [6.07, 6.45) is 0. The Bertz CT molecular complexity index is 2600. The predicted octanol–water partition coefficient (Wildman–Crippen LogP) is 10.3. The monoisotopic (exact) mass is 628 g/mol. The molecule has 0 aliphatic carbocycles. The molecule has 0 atom stereocenters. The fraction of sp³-hybridized carbons (Fsp3) is 0.0667. The number of rotatable bonds is 3. The average Bonchev–Trinajstić information content (AvgIpc) is 3.51. The third kappa shape index (κ3) is 4.17. The molecule has 7 aromatic carbocycles. The van der Waals surface area contributed by atoms with Gasteiger partial charge in [0, 0.05) is 50.5 Å². The molecule has 49 heavy (non-hydrogen) atoms. The number of anilines is 6. The van der Waals surface area contributed by atoms with Gasteiger partial charge in [0.2, 0.25) is 0 Å². The molecule has 0 saturated carbocycles. The quantitative estimate of drug-likeness (QED) is 0.182. The van der Waals surface area contributed by atoms with E-state index < -0.39 is 0 Å². The van der Waals surface area contributed by atoms with E-state index in [0.29, 0.717) is 0 Å². The molecule has 0 saturated heterocycles. The Hall–Kier alpha value is -6.00. The van der Waals surface area contributed by atoms with Gasteiger partial charge in [0.25, 0.3) is 6.71 Å². The summed E-state index contributed by atoms with van der Waals surface area (Å²) in [5.74, 6) is 0. The Morgan fingerprint density at radius 2 is 1.02 bits per heavy atom. The van der Waals surface area contributed by atoms with Crippen molar-refractivity contribution in [2.24, 2.45) is 0 Å². The van der Waals surface area contributed by atoms with Crippen molar-refractivity contribution in [1.29, 1.82) is 0 Å². The molecule has 10 rings (SSSR count). The van der Waals surface area contributed by atoms with Crippen LogP contribution >= 0.6 is 0 Å². The van der Waals surface area contributed by atoms with Gasteiger partial charge < -0.3 is 14.2 Å². The highest BCUT2D eigenvalue weighted by Crippen LogP contribution is 2.44. The van der Waals surface area contributed by atoms with Crippen LogP contribution in [-0.2, 0) is 0 Å². The van der Waals surface area contributed by atoms with Gasteiger partial charge in [-0.1, -0.05) is 108 Å². The van der Waals surface area contributed by atoms with E-state index in [2.05, 4.69) is 164 Å². The zero-order chi connectivity index (χ0) is 32.8. The third-order valence-corrected chi connectivity index (χ3v) is 10.4. The minimum Gasteiger partial charge on any atom is -0.455 e. The van der Waals surface area contributed by atoms with Crippen LogP contribution in [0.3, 0.4) is 0 Å². The lowest BCUT2D eigenvalue weighted by Crippen LogP contribution is -2.61. The van der Waals surface area contributed by atoms with Crippen molar-refractivity contribution >= 4 is 79.2 Å². The van der Waals surface area contributed by atoms with Gasteiger partial charge in [-0.25, -0.2) is 0 Å². The molecule has 1 aromatic heterocycles. The SMILES string of the molecule is Cc1ccc(N2c3ccc(C)cc3B3c4cc(C)ccc4N(c4ccc(-c5cccc6c5oc5ccccc56)cc4)c4cccc2c43)cc1. The van der Waals surface area contributed by atoms with E-state index in [1.807, 2.05) is 12.1 Å². The summed E-state index contributed by atoms with van der Waals surface area (Å²) in [6, 6.07) is 53.4. The lowest BCUT2D eigenvalue weighted by atomic mass is 9.33. The van der Waals surface area contributed by atoms with Crippen LogP contribution in [0, 0.1) is 20.8 Å². The van der Waals surface area contributed by atoms with E-state index in [9.17, 15) is 0 Å². The maximum atomic E-state index is 6.41. The second-order valence-corrected chi connectivity index (χ2v) is 13.6. The normalized spacial score (nSPS) is 13.1. The van der Waals surface area contributed by atoms with Gasteiger partial charge in [0.15, 0.2) is 0 Å². The molecule has 2 aliphatic heterocycles. The van der Waals surface area contributed by atoms with Gasteiger partial charge in [-0.05, 0) is 97.3 Å². The van der Waals surface area contributed by atoms with Crippen LogP contribution in [0.25, 0.3) is 33.1 Å². The molecule has 0 bridgehead atoms. The summed E-state index contributed by atoms with van der Waals surface area (Å²) in [5.41, 5.74) is 19.1. The van der Waals surface area contributed by atoms with Crippen molar-refractivity contribution in [3.05, 3.63) is 162 Å². The molecule has 0 amide bonds. The van der Waals surface area contributed by atoms with Gasteiger partial charge in [0.05, 0.1) is 0 Å². The standard InChI is InChI=1S/C45H33BN2O/c1-28-14-20-32(21-15-28)47-39-24-16-29(2)26-37(39)46-38-27-30(3)17-25-40(38)48(42-12-7-11-41(47)44(42)46)33-22-18-31(19-23-33)34-9-6-10-36-35-8-4-5-13-43(35)49-45(34)36/h4-27H,1-3H3. The van der Waals surface area contributed by atoms with Gasteiger partial charge in [-0.15, -0.1) is 0 Å². The lowest BCUT2D eigenvalue weighted by molar-refractivity contribution is 0.670. The fourth-order valence-corrected chi connectivity index (χ4v) is 8.20. The van der Waals surface area contributed by atoms with Crippen molar-refractivity contribution in [1.82, 2.24) is 0 Å². The molecule has 0 spiro atoms. The molecule has 0 fully saturated rings. The Balaban J connectivity index is 1.17. The van der Waals surface area contributed by atoms with Crippen LogP contribution in [0.5, 0.6) is 0 Å². The molecule has 0 radical (unpaired) electrons. The first-order chi connectivity index (χ1) is 24.0. The Labute approximate surface area is 286 Å². The number of benzene rings is 7. The highest BCUT2D eigenvalue weighted by molar-refractivity contribution is 7.00. The Morgan fingerprint density at radius 3 is 1.67 bits per heavy atom. The topological polar surface area (TPSA) is 19.6 Å². The van der Waals surface area contributed by atoms with Crippen molar-refractivity contribution in [3.63, 3.8) is 0 Å². The maximum absolute atomic E-state index is 6.41. The molecule has 0 N–H and O–H groups in total. The van der Waals surface area contributed by atoms with E-state index in [-0.39, 0.29) is 6.71 Å². The smallest absolute Gasteiger partial charge is 0.252 e. The predicted molar refractivity (Wildman–Crippen MR) is 207 cm³/mol. The first-order valence-electron chi connectivity index (χ1n) is 17.1. The molecular weight excluding hydrogens is 595 g/mol. The van der Waals surface area contributed by atoms with Crippen LogP contribution in [0.4, 0.5) is 34.1 Å². The average molecular weight is 629 g/mol. The summed E-state index contributed by atoms with van der Waals surface area (Å²) in [6.45, 7) is 6.69. The highest BCUT2D eigenvalue weighted by Gasteiger charge is 2.43. The Kier molecular flexibility index (Phi) is 6.01. The van der Waals surface area contributed by atoms with Crippen LogP contribution < -0.4 is 26.2 Å². The summed E-state index contributed by atoms with van der Waals surface area (Å²) in [4.78, 5) is 4.92. The maximum Gasteiger partial charge on any atom is 0.252 e. The van der Waals surface area contributed by atoms with Gasteiger partial charge >= 0.3 is 0 Å². The van der Waals surface area contributed by atoms with E-state index in [0.717, 1.165) is 38.8 Å².